The normalized spacial score (nSPS) is 19.6. The Morgan fingerprint density at radius 1 is 1.20 bits per heavy atom. The van der Waals surface area contributed by atoms with Crippen LogP contribution in [0.3, 0.4) is 0 Å². The lowest BCUT2D eigenvalue weighted by Crippen LogP contribution is -2.30. The highest BCUT2D eigenvalue weighted by molar-refractivity contribution is 6.06. The Balaban J connectivity index is 1.42. The van der Waals surface area contributed by atoms with E-state index in [1.807, 2.05) is 24.2 Å². The van der Waals surface area contributed by atoms with Crippen molar-refractivity contribution >= 4 is 34.2 Å². The summed E-state index contributed by atoms with van der Waals surface area (Å²) in [6.07, 6.45) is 7.86. The molecule has 0 radical (unpaired) electrons. The van der Waals surface area contributed by atoms with Crippen molar-refractivity contribution in [3.63, 3.8) is 0 Å². The van der Waals surface area contributed by atoms with Gasteiger partial charge in [0.25, 0.3) is 11.9 Å². The number of oxazole rings is 1. The van der Waals surface area contributed by atoms with Crippen LogP contribution in [0.1, 0.15) is 36.2 Å². The van der Waals surface area contributed by atoms with Gasteiger partial charge in [-0.15, -0.1) is 0 Å². The summed E-state index contributed by atoms with van der Waals surface area (Å²) in [5, 5.41) is 8.60. The lowest BCUT2D eigenvalue weighted by atomic mass is 10.1. The fraction of sp³-hybridized carbons (Fsp3) is 0.476. The number of aromatic nitrogens is 3. The third-order valence-corrected chi connectivity index (χ3v) is 5.90. The molecule has 2 aliphatic rings. The van der Waals surface area contributed by atoms with Gasteiger partial charge < -0.3 is 25.3 Å². The van der Waals surface area contributed by atoms with Crippen LogP contribution in [-0.2, 0) is 7.05 Å². The molecular formula is C21H27N7O2. The quantitative estimate of drug-likeness (QED) is 0.681. The smallest absolute Gasteiger partial charge is 0.298 e. The van der Waals surface area contributed by atoms with Gasteiger partial charge in [0.2, 0.25) is 0 Å². The second-order valence-corrected chi connectivity index (χ2v) is 8.24. The lowest BCUT2D eigenvalue weighted by molar-refractivity contribution is 0.102. The minimum Gasteiger partial charge on any atom is -0.431 e. The Bertz CT molecular complexity index is 1070. The first-order chi connectivity index (χ1) is 14.6. The second-order valence-electron chi connectivity index (χ2n) is 8.24. The van der Waals surface area contributed by atoms with Gasteiger partial charge in [0.1, 0.15) is 6.26 Å². The molecule has 9 heteroatoms. The zero-order valence-corrected chi connectivity index (χ0v) is 17.2. The lowest BCUT2D eigenvalue weighted by Gasteiger charge is -2.30. The average Bonchev–Trinajstić information content (AvgIpc) is 3.46. The Labute approximate surface area is 174 Å². The van der Waals surface area contributed by atoms with E-state index in [0.29, 0.717) is 12.6 Å². The first-order valence-electron chi connectivity index (χ1n) is 10.6. The van der Waals surface area contributed by atoms with Gasteiger partial charge in [0.05, 0.1) is 16.9 Å². The number of nitrogens with zero attached hydrogens (tertiary/aromatic N) is 5. The number of hydrogen-bond donors (Lipinski definition) is 2. The average molecular weight is 409 g/mol. The molecule has 0 spiro atoms. The maximum Gasteiger partial charge on any atom is 0.298 e. The fourth-order valence-corrected chi connectivity index (χ4v) is 4.34. The highest BCUT2D eigenvalue weighted by Gasteiger charge is 2.25. The second kappa shape index (κ2) is 7.64. The van der Waals surface area contributed by atoms with Gasteiger partial charge in [-0.2, -0.15) is 10.1 Å². The van der Waals surface area contributed by atoms with Crippen molar-refractivity contribution in [2.75, 3.05) is 41.3 Å². The summed E-state index contributed by atoms with van der Waals surface area (Å²) in [7, 11) is 1.90. The highest BCUT2D eigenvalue weighted by atomic mass is 16.4. The number of benzene rings is 1. The molecule has 3 N–H and O–H groups in total. The molecular weight excluding hydrogens is 382 g/mol. The van der Waals surface area contributed by atoms with Crippen molar-refractivity contribution in [2.45, 2.75) is 31.7 Å². The Morgan fingerprint density at radius 2 is 2.03 bits per heavy atom. The molecule has 4 heterocycles. The zero-order valence-electron chi connectivity index (χ0n) is 17.2. The SMILES string of the molecule is Cn1cc2cc(N3CCCCC3)c(NC(=O)c3coc(N4CC[C@H](N)C4)n3)cc2n1. The van der Waals surface area contributed by atoms with Crippen LogP contribution in [0.25, 0.3) is 10.9 Å². The zero-order chi connectivity index (χ0) is 20.7. The number of piperidine rings is 1. The maximum absolute atomic E-state index is 13.0. The predicted molar refractivity (Wildman–Crippen MR) is 116 cm³/mol. The van der Waals surface area contributed by atoms with Crippen LogP contribution in [0.5, 0.6) is 0 Å². The minimum atomic E-state index is -0.290. The monoisotopic (exact) mass is 409 g/mol. The third kappa shape index (κ3) is 3.60. The number of amides is 1. The number of carbonyl (C=O) groups is 1. The van der Waals surface area contributed by atoms with Gasteiger partial charge >= 0.3 is 0 Å². The van der Waals surface area contributed by atoms with Crippen molar-refractivity contribution in [1.29, 1.82) is 0 Å². The number of nitrogens with two attached hydrogens (primary N) is 1. The van der Waals surface area contributed by atoms with Gasteiger partial charge in [0, 0.05) is 50.9 Å². The number of carbonyl (C=O) groups excluding carboxylic acids is 1. The minimum absolute atomic E-state index is 0.117. The van der Waals surface area contributed by atoms with Crippen molar-refractivity contribution in [3.05, 3.63) is 30.3 Å². The van der Waals surface area contributed by atoms with E-state index in [2.05, 4.69) is 26.4 Å². The molecule has 0 unspecified atom stereocenters. The number of fused-ring (bicyclic) bond motifs is 1. The maximum atomic E-state index is 13.0. The van der Waals surface area contributed by atoms with Gasteiger partial charge in [-0.3, -0.25) is 9.48 Å². The first-order valence-corrected chi connectivity index (χ1v) is 10.6. The van der Waals surface area contributed by atoms with Crippen LogP contribution in [-0.4, -0.2) is 52.9 Å². The summed E-state index contributed by atoms with van der Waals surface area (Å²) in [5.41, 5.74) is 8.85. The largest absolute Gasteiger partial charge is 0.431 e. The summed E-state index contributed by atoms with van der Waals surface area (Å²) in [5.74, 6) is -0.290. The molecule has 0 bridgehead atoms. The summed E-state index contributed by atoms with van der Waals surface area (Å²) in [6.45, 7) is 3.45. The van der Waals surface area contributed by atoms with Gasteiger partial charge in [-0.05, 0) is 37.8 Å². The van der Waals surface area contributed by atoms with Crippen LogP contribution in [0.2, 0.25) is 0 Å². The van der Waals surface area contributed by atoms with Gasteiger partial charge in [-0.25, -0.2) is 0 Å². The number of anilines is 3. The molecule has 2 aromatic heterocycles. The molecule has 3 aromatic rings. The summed E-state index contributed by atoms with van der Waals surface area (Å²) >= 11 is 0. The third-order valence-electron chi connectivity index (χ3n) is 5.90. The molecule has 9 nitrogen and oxygen atoms in total. The topological polar surface area (TPSA) is 105 Å². The van der Waals surface area contributed by atoms with E-state index in [-0.39, 0.29) is 17.6 Å². The van der Waals surface area contributed by atoms with Crippen LogP contribution in [0, 0.1) is 0 Å². The Hall–Kier alpha value is -3.07. The number of nitrogens with one attached hydrogen (secondary N) is 1. The molecule has 1 aromatic carbocycles. The van der Waals surface area contributed by atoms with Crippen molar-refractivity contribution < 1.29 is 9.21 Å². The summed E-state index contributed by atoms with van der Waals surface area (Å²) in [4.78, 5) is 21.7. The van der Waals surface area contributed by atoms with E-state index in [9.17, 15) is 4.79 Å². The predicted octanol–water partition coefficient (Wildman–Crippen LogP) is 2.34. The van der Waals surface area contributed by atoms with Crippen molar-refractivity contribution in [1.82, 2.24) is 14.8 Å². The fourth-order valence-electron chi connectivity index (χ4n) is 4.34. The van der Waals surface area contributed by atoms with E-state index in [1.54, 1.807) is 4.68 Å². The Morgan fingerprint density at radius 3 is 2.80 bits per heavy atom. The van der Waals surface area contributed by atoms with Gasteiger partial charge in [-0.1, -0.05) is 0 Å². The molecule has 2 fully saturated rings. The van der Waals surface area contributed by atoms with Crippen molar-refractivity contribution in [2.24, 2.45) is 12.8 Å². The molecule has 158 valence electrons. The molecule has 2 saturated heterocycles. The summed E-state index contributed by atoms with van der Waals surface area (Å²) < 4.78 is 7.34. The van der Waals surface area contributed by atoms with Gasteiger partial charge in [0.15, 0.2) is 5.69 Å². The number of hydrogen-bond acceptors (Lipinski definition) is 7. The molecule has 0 saturated carbocycles. The Kier molecular flexibility index (Phi) is 4.82. The van der Waals surface area contributed by atoms with Crippen LogP contribution >= 0.6 is 0 Å². The number of rotatable bonds is 4. The van der Waals surface area contributed by atoms with E-state index in [1.165, 1.54) is 12.7 Å². The van der Waals surface area contributed by atoms with Crippen LogP contribution in [0.4, 0.5) is 17.4 Å². The van der Waals surface area contributed by atoms with E-state index in [0.717, 1.165) is 61.2 Å². The molecule has 0 aliphatic carbocycles. The standard InChI is InChI=1S/C21H27N7O2/c1-26-11-14-9-19(27-6-3-2-4-7-27)17(10-16(14)25-26)23-20(29)18-13-30-21(24-18)28-8-5-15(22)12-28/h9-11,13,15H,2-8,12,22H2,1H3,(H,23,29)/t15-/m0/s1. The number of aryl methyl sites for hydroxylation is 1. The summed E-state index contributed by atoms with van der Waals surface area (Å²) in [6, 6.07) is 4.62. The molecule has 1 amide bonds. The van der Waals surface area contributed by atoms with E-state index in [4.69, 9.17) is 10.2 Å². The van der Waals surface area contributed by atoms with Crippen LogP contribution in [0.15, 0.2) is 29.0 Å². The van der Waals surface area contributed by atoms with E-state index < -0.39 is 0 Å². The molecule has 2 aliphatic heterocycles. The molecule has 5 rings (SSSR count). The van der Waals surface area contributed by atoms with E-state index >= 15 is 0 Å². The highest BCUT2D eigenvalue weighted by Crippen LogP contribution is 2.33. The van der Waals surface area contributed by atoms with Crippen LogP contribution < -0.4 is 20.9 Å². The molecule has 1 atom stereocenters. The molecule has 30 heavy (non-hydrogen) atoms. The first kappa shape index (κ1) is 18.9. The van der Waals surface area contributed by atoms with Crippen molar-refractivity contribution in [3.8, 4) is 0 Å².